The first kappa shape index (κ1) is 18.7. The van der Waals surface area contributed by atoms with Gasteiger partial charge in [-0.2, -0.15) is 0 Å². The third kappa shape index (κ3) is 4.01. The monoisotopic (exact) mass is 370 g/mol. The zero-order chi connectivity index (χ0) is 19.4. The minimum Gasteiger partial charge on any atom is -0.497 e. The number of amides is 2. The van der Waals surface area contributed by atoms with E-state index in [1.54, 1.807) is 54.6 Å². The highest BCUT2D eigenvalue weighted by Crippen LogP contribution is 2.22. The summed E-state index contributed by atoms with van der Waals surface area (Å²) in [6, 6.07) is 10.0. The van der Waals surface area contributed by atoms with Crippen LogP contribution in [0.15, 0.2) is 42.6 Å². The van der Waals surface area contributed by atoms with Crippen LogP contribution in [0.3, 0.4) is 0 Å². The van der Waals surface area contributed by atoms with Crippen LogP contribution in [0.1, 0.15) is 22.0 Å². The Hall–Kier alpha value is -3.13. The quantitative estimate of drug-likeness (QED) is 0.797. The summed E-state index contributed by atoms with van der Waals surface area (Å²) in [6.45, 7) is 1.83. The fraction of sp³-hybridized carbons (Fsp3) is 0.316. The van der Waals surface area contributed by atoms with Crippen LogP contribution in [0.2, 0.25) is 0 Å². The zero-order valence-corrected chi connectivity index (χ0v) is 15.0. The van der Waals surface area contributed by atoms with Gasteiger partial charge in [0.2, 0.25) is 0 Å². The number of carbonyl (C=O) groups is 2. The van der Waals surface area contributed by atoms with Crippen LogP contribution in [-0.2, 0) is 4.79 Å². The Kier molecular flexibility index (Phi) is 5.56. The first-order chi connectivity index (χ1) is 13.0. The molecule has 1 saturated heterocycles. The van der Waals surface area contributed by atoms with Crippen LogP contribution in [0, 0.1) is 0 Å². The highest BCUT2D eigenvalue weighted by Gasteiger charge is 2.28. The lowest BCUT2D eigenvalue weighted by molar-refractivity contribution is -0.140. The van der Waals surface area contributed by atoms with E-state index >= 15 is 0 Å². The number of carbonyl (C=O) groups excluding carboxylic acids is 2. The van der Waals surface area contributed by atoms with Crippen LogP contribution >= 0.6 is 0 Å². The minimum absolute atomic E-state index is 0.351. The van der Waals surface area contributed by atoms with Crippen molar-refractivity contribution in [3.63, 3.8) is 0 Å². The van der Waals surface area contributed by atoms with E-state index in [0.29, 0.717) is 48.9 Å². The second-order valence-electron chi connectivity index (χ2n) is 6.23. The number of hydrogen-bond donors (Lipinski definition) is 2. The maximum Gasteiger partial charge on any atom is 0.256 e. The van der Waals surface area contributed by atoms with Crippen molar-refractivity contribution >= 4 is 17.6 Å². The summed E-state index contributed by atoms with van der Waals surface area (Å²) >= 11 is 0. The number of primary amides is 1. The standard InChI is InChI=1S/C19H22N4O4/c1-27-14-6-4-13(5-7-14)16(24)19(26)23-11-9-22(10-12-23)18-15(17(20)25)3-2-8-21-18/h2-8,16,24H,9-12H2,1H3,(H2,20,25). The Balaban J connectivity index is 1.64. The fourth-order valence-corrected chi connectivity index (χ4v) is 3.08. The van der Waals surface area contributed by atoms with E-state index < -0.39 is 12.0 Å². The molecule has 3 rings (SSSR count). The highest BCUT2D eigenvalue weighted by molar-refractivity contribution is 5.97. The van der Waals surface area contributed by atoms with Gasteiger partial charge in [-0.25, -0.2) is 4.98 Å². The number of piperazine rings is 1. The van der Waals surface area contributed by atoms with Crippen molar-refractivity contribution in [3.05, 3.63) is 53.7 Å². The van der Waals surface area contributed by atoms with E-state index in [4.69, 9.17) is 10.5 Å². The summed E-state index contributed by atoms with van der Waals surface area (Å²) in [5.41, 5.74) is 6.28. The van der Waals surface area contributed by atoms with Gasteiger partial charge in [0.15, 0.2) is 6.10 Å². The van der Waals surface area contributed by atoms with Crippen molar-refractivity contribution in [2.75, 3.05) is 38.2 Å². The predicted octanol–water partition coefficient (Wildman–Crippen LogP) is 0.571. The van der Waals surface area contributed by atoms with Gasteiger partial charge >= 0.3 is 0 Å². The number of aromatic nitrogens is 1. The summed E-state index contributed by atoms with van der Waals surface area (Å²) < 4.78 is 5.08. The molecule has 1 aliphatic rings. The van der Waals surface area contributed by atoms with Crippen molar-refractivity contribution in [2.24, 2.45) is 5.73 Å². The summed E-state index contributed by atoms with van der Waals surface area (Å²) in [6.07, 6.45) is 0.380. The van der Waals surface area contributed by atoms with E-state index in [-0.39, 0.29) is 5.91 Å². The molecular weight excluding hydrogens is 348 g/mol. The van der Waals surface area contributed by atoms with Gasteiger partial charge < -0.3 is 25.4 Å². The van der Waals surface area contributed by atoms with Crippen molar-refractivity contribution in [1.29, 1.82) is 0 Å². The van der Waals surface area contributed by atoms with Crippen LogP contribution in [0.4, 0.5) is 5.82 Å². The van der Waals surface area contributed by atoms with Gasteiger partial charge in [-0.3, -0.25) is 9.59 Å². The molecule has 1 unspecified atom stereocenters. The summed E-state index contributed by atoms with van der Waals surface area (Å²) in [5.74, 6) is 0.294. The maximum atomic E-state index is 12.6. The molecule has 0 aliphatic carbocycles. The molecule has 2 heterocycles. The van der Waals surface area contributed by atoms with Crippen molar-refractivity contribution < 1.29 is 19.4 Å². The molecule has 1 aromatic carbocycles. The number of nitrogens with zero attached hydrogens (tertiary/aromatic N) is 3. The van der Waals surface area contributed by atoms with Crippen molar-refractivity contribution in [2.45, 2.75) is 6.10 Å². The van der Waals surface area contributed by atoms with Gasteiger partial charge in [0.05, 0.1) is 12.7 Å². The first-order valence-electron chi connectivity index (χ1n) is 8.62. The normalized spacial score (nSPS) is 15.3. The topological polar surface area (TPSA) is 109 Å². The van der Waals surface area contributed by atoms with Crippen molar-refractivity contribution in [1.82, 2.24) is 9.88 Å². The summed E-state index contributed by atoms with van der Waals surface area (Å²) in [7, 11) is 1.56. The first-order valence-corrected chi connectivity index (χ1v) is 8.62. The molecule has 142 valence electrons. The Morgan fingerprint density at radius 1 is 1.15 bits per heavy atom. The molecule has 0 spiro atoms. The fourth-order valence-electron chi connectivity index (χ4n) is 3.08. The van der Waals surface area contributed by atoms with Gasteiger partial charge in [0, 0.05) is 32.4 Å². The molecule has 1 aliphatic heterocycles. The molecule has 0 bridgehead atoms. The molecule has 8 heteroatoms. The highest BCUT2D eigenvalue weighted by atomic mass is 16.5. The molecule has 1 fully saturated rings. The molecule has 1 aromatic heterocycles. The number of pyridine rings is 1. The molecule has 0 radical (unpaired) electrons. The van der Waals surface area contributed by atoms with Gasteiger partial charge in [0.25, 0.3) is 11.8 Å². The van der Waals surface area contributed by atoms with Gasteiger partial charge in [0.1, 0.15) is 11.6 Å². The van der Waals surface area contributed by atoms with E-state index in [1.807, 2.05) is 4.90 Å². The minimum atomic E-state index is -1.22. The number of anilines is 1. The number of aliphatic hydroxyl groups is 1. The Bertz CT molecular complexity index is 817. The average molecular weight is 370 g/mol. The van der Waals surface area contributed by atoms with E-state index in [9.17, 15) is 14.7 Å². The lowest BCUT2D eigenvalue weighted by atomic mass is 10.1. The smallest absolute Gasteiger partial charge is 0.256 e. The number of hydrogen-bond acceptors (Lipinski definition) is 6. The number of nitrogens with two attached hydrogens (primary N) is 1. The van der Waals surface area contributed by atoms with Crippen LogP contribution < -0.4 is 15.4 Å². The third-order valence-corrected chi connectivity index (χ3v) is 4.61. The number of rotatable bonds is 5. The SMILES string of the molecule is COc1ccc(C(O)C(=O)N2CCN(c3ncccc3C(N)=O)CC2)cc1. The molecule has 2 amide bonds. The number of aliphatic hydroxyl groups excluding tert-OH is 1. The molecular formula is C19H22N4O4. The third-order valence-electron chi connectivity index (χ3n) is 4.61. The van der Waals surface area contributed by atoms with Crippen LogP contribution in [0.25, 0.3) is 0 Å². The van der Waals surface area contributed by atoms with Gasteiger partial charge in [-0.15, -0.1) is 0 Å². The van der Waals surface area contributed by atoms with Gasteiger partial charge in [-0.1, -0.05) is 12.1 Å². The van der Waals surface area contributed by atoms with E-state index in [2.05, 4.69) is 4.98 Å². The predicted molar refractivity (Wildman–Crippen MR) is 99.5 cm³/mol. The van der Waals surface area contributed by atoms with E-state index in [1.165, 1.54) is 0 Å². The lowest BCUT2D eigenvalue weighted by Crippen LogP contribution is -2.50. The average Bonchev–Trinajstić information content (AvgIpc) is 2.73. The molecule has 0 saturated carbocycles. The molecule has 27 heavy (non-hydrogen) atoms. The van der Waals surface area contributed by atoms with Gasteiger partial charge in [-0.05, 0) is 29.8 Å². The Morgan fingerprint density at radius 2 is 1.81 bits per heavy atom. The molecule has 1 atom stereocenters. The molecule has 8 nitrogen and oxygen atoms in total. The van der Waals surface area contributed by atoms with Crippen LogP contribution in [0.5, 0.6) is 5.75 Å². The number of methoxy groups -OCH3 is 1. The summed E-state index contributed by atoms with van der Waals surface area (Å²) in [5, 5.41) is 10.4. The Labute approximate surface area is 157 Å². The summed E-state index contributed by atoms with van der Waals surface area (Å²) in [4.78, 5) is 32.0. The Morgan fingerprint density at radius 3 is 2.41 bits per heavy atom. The zero-order valence-electron chi connectivity index (χ0n) is 15.0. The van der Waals surface area contributed by atoms with Crippen molar-refractivity contribution in [3.8, 4) is 5.75 Å². The molecule has 3 N–H and O–H groups in total. The lowest BCUT2D eigenvalue weighted by Gasteiger charge is -2.36. The molecule has 2 aromatic rings. The second kappa shape index (κ2) is 8.05. The van der Waals surface area contributed by atoms with Crippen LogP contribution in [-0.4, -0.2) is 60.1 Å². The number of ether oxygens (including phenoxy) is 1. The number of benzene rings is 1. The second-order valence-corrected chi connectivity index (χ2v) is 6.23. The maximum absolute atomic E-state index is 12.6. The van der Waals surface area contributed by atoms with E-state index in [0.717, 1.165) is 0 Å². The largest absolute Gasteiger partial charge is 0.497 e.